The zero-order valence-corrected chi connectivity index (χ0v) is 14.9. The van der Waals surface area contributed by atoms with E-state index in [1.807, 2.05) is 0 Å². The van der Waals surface area contributed by atoms with Crippen LogP contribution in [0.2, 0.25) is 0 Å². The Morgan fingerprint density at radius 1 is 1.13 bits per heavy atom. The van der Waals surface area contributed by atoms with E-state index in [-0.39, 0.29) is 6.04 Å². The summed E-state index contributed by atoms with van der Waals surface area (Å²) in [6.45, 7) is 10.7. The second-order valence-electron chi connectivity index (χ2n) is 8.11. The molecule has 0 aromatic heterocycles. The van der Waals surface area contributed by atoms with Crippen LogP contribution in [-0.2, 0) is 4.74 Å². The number of rotatable bonds is 2. The van der Waals surface area contributed by atoms with Crippen molar-refractivity contribution in [1.29, 1.82) is 0 Å². The highest BCUT2D eigenvalue weighted by atomic mass is 16.6. The minimum atomic E-state index is -1.06. The van der Waals surface area contributed by atoms with Gasteiger partial charge in [0, 0.05) is 5.54 Å². The van der Waals surface area contributed by atoms with E-state index in [2.05, 4.69) is 5.32 Å². The van der Waals surface area contributed by atoms with Gasteiger partial charge in [-0.05, 0) is 60.8 Å². The van der Waals surface area contributed by atoms with Gasteiger partial charge in [0.25, 0.3) is 0 Å². The highest BCUT2D eigenvalue weighted by molar-refractivity contribution is 5.69. The van der Waals surface area contributed by atoms with E-state index < -0.39 is 35.5 Å². The van der Waals surface area contributed by atoms with Crippen molar-refractivity contribution < 1.29 is 24.5 Å². The maximum atomic E-state index is 12.0. The molecule has 7 heteroatoms. The Morgan fingerprint density at radius 3 is 2.13 bits per heavy atom. The van der Waals surface area contributed by atoms with Gasteiger partial charge in [0.2, 0.25) is 0 Å². The number of amides is 2. The molecule has 1 fully saturated rings. The largest absolute Gasteiger partial charge is 0.465 e. The molecule has 0 saturated heterocycles. The number of nitrogens with one attached hydrogen (secondary N) is 1. The van der Waals surface area contributed by atoms with Gasteiger partial charge in [-0.25, -0.2) is 9.59 Å². The van der Waals surface area contributed by atoms with Crippen molar-refractivity contribution in [3.63, 3.8) is 0 Å². The molecule has 0 bridgehead atoms. The predicted octanol–water partition coefficient (Wildman–Crippen LogP) is 2.57. The molecule has 1 unspecified atom stereocenters. The normalized spacial score (nSPS) is 25.6. The smallest absolute Gasteiger partial charge is 0.408 e. The first-order valence-corrected chi connectivity index (χ1v) is 8.01. The van der Waals surface area contributed by atoms with Crippen LogP contribution in [0.3, 0.4) is 0 Å². The zero-order chi connectivity index (χ0) is 18.0. The minimum absolute atomic E-state index is 0.296. The lowest BCUT2D eigenvalue weighted by molar-refractivity contribution is 0.000113. The molecule has 134 valence electrons. The molecule has 23 heavy (non-hydrogen) atoms. The van der Waals surface area contributed by atoms with Crippen LogP contribution in [0.5, 0.6) is 0 Å². The topological polar surface area (TPSA) is 99.1 Å². The standard InChI is InChI=1S/C16H30N2O5/c1-15(2,3)18(14(21)22)12-9-10(19)7-8-11(12)17-13(20)23-16(4,5)6/h10-12,19H,7-9H2,1-6H3,(H,17,20)(H,21,22)/t10?,11-,12+/m0/s1. The third kappa shape index (κ3) is 5.89. The van der Waals surface area contributed by atoms with Gasteiger partial charge in [-0.2, -0.15) is 0 Å². The average molecular weight is 330 g/mol. The Bertz CT molecular complexity index is 439. The Morgan fingerprint density at radius 2 is 1.70 bits per heavy atom. The molecule has 0 spiro atoms. The summed E-state index contributed by atoms with van der Waals surface area (Å²) in [5, 5.41) is 22.3. The van der Waals surface area contributed by atoms with Gasteiger partial charge in [0.05, 0.1) is 18.2 Å². The molecule has 1 aliphatic rings. The van der Waals surface area contributed by atoms with Crippen molar-refractivity contribution in [2.24, 2.45) is 0 Å². The van der Waals surface area contributed by atoms with Gasteiger partial charge < -0.3 is 20.3 Å². The quantitative estimate of drug-likeness (QED) is 0.722. The first-order chi connectivity index (χ1) is 10.3. The Labute approximate surface area is 138 Å². The van der Waals surface area contributed by atoms with Crippen LogP contribution < -0.4 is 5.32 Å². The van der Waals surface area contributed by atoms with Crippen LogP contribution in [0.15, 0.2) is 0 Å². The summed E-state index contributed by atoms with van der Waals surface area (Å²) in [6, 6.07) is -0.882. The predicted molar refractivity (Wildman–Crippen MR) is 86.4 cm³/mol. The molecule has 1 saturated carbocycles. The van der Waals surface area contributed by atoms with E-state index in [0.717, 1.165) is 0 Å². The lowest BCUT2D eigenvalue weighted by Gasteiger charge is -2.46. The number of aliphatic hydroxyl groups excluding tert-OH is 1. The third-order valence-electron chi connectivity index (χ3n) is 3.75. The van der Waals surface area contributed by atoms with Crippen molar-refractivity contribution in [3.05, 3.63) is 0 Å². The van der Waals surface area contributed by atoms with Crippen molar-refractivity contribution in [2.45, 2.75) is 90.1 Å². The van der Waals surface area contributed by atoms with Crippen molar-refractivity contribution in [2.75, 3.05) is 0 Å². The molecule has 1 aliphatic carbocycles. The second-order valence-corrected chi connectivity index (χ2v) is 8.11. The molecule has 1 rings (SSSR count). The maximum absolute atomic E-state index is 12.0. The van der Waals surface area contributed by atoms with Crippen LogP contribution >= 0.6 is 0 Å². The van der Waals surface area contributed by atoms with Crippen molar-refractivity contribution in [3.8, 4) is 0 Å². The number of carbonyl (C=O) groups excluding carboxylic acids is 1. The number of carbonyl (C=O) groups is 2. The summed E-state index contributed by atoms with van der Waals surface area (Å²) in [7, 11) is 0. The lowest BCUT2D eigenvalue weighted by atomic mass is 9.85. The van der Waals surface area contributed by atoms with Gasteiger partial charge in [0.1, 0.15) is 5.60 Å². The average Bonchev–Trinajstić information content (AvgIpc) is 2.27. The zero-order valence-electron chi connectivity index (χ0n) is 14.9. The molecular weight excluding hydrogens is 300 g/mol. The summed E-state index contributed by atoms with van der Waals surface area (Å²) in [4.78, 5) is 25.1. The Kier molecular flexibility index (Phi) is 5.90. The number of hydrogen-bond donors (Lipinski definition) is 3. The second kappa shape index (κ2) is 6.95. The molecule has 0 radical (unpaired) electrons. The van der Waals surface area contributed by atoms with Crippen LogP contribution in [-0.4, -0.2) is 56.6 Å². The molecule has 0 aromatic rings. The van der Waals surface area contributed by atoms with E-state index in [1.165, 1.54) is 4.90 Å². The van der Waals surface area contributed by atoms with Gasteiger partial charge in [-0.15, -0.1) is 0 Å². The third-order valence-corrected chi connectivity index (χ3v) is 3.75. The molecule has 2 amide bonds. The maximum Gasteiger partial charge on any atom is 0.408 e. The van der Waals surface area contributed by atoms with Crippen LogP contribution in [0.1, 0.15) is 60.8 Å². The monoisotopic (exact) mass is 330 g/mol. The summed E-state index contributed by atoms with van der Waals surface area (Å²) >= 11 is 0. The van der Waals surface area contributed by atoms with E-state index in [4.69, 9.17) is 4.74 Å². The first kappa shape index (κ1) is 19.5. The summed E-state index contributed by atoms with van der Waals surface area (Å²) in [5.41, 5.74) is -1.26. The van der Waals surface area contributed by atoms with E-state index in [9.17, 15) is 19.8 Å². The molecule has 0 heterocycles. The van der Waals surface area contributed by atoms with Crippen molar-refractivity contribution >= 4 is 12.2 Å². The van der Waals surface area contributed by atoms with Gasteiger partial charge in [0.15, 0.2) is 0 Å². The van der Waals surface area contributed by atoms with Crippen LogP contribution in [0, 0.1) is 0 Å². The van der Waals surface area contributed by atoms with Crippen molar-refractivity contribution in [1.82, 2.24) is 10.2 Å². The fraction of sp³-hybridized carbons (Fsp3) is 0.875. The lowest BCUT2D eigenvalue weighted by Crippen LogP contribution is -2.62. The summed E-state index contributed by atoms with van der Waals surface area (Å²) < 4.78 is 5.26. The number of aliphatic hydroxyl groups is 1. The molecule has 7 nitrogen and oxygen atoms in total. The molecular formula is C16H30N2O5. The molecule has 0 aromatic carbocycles. The van der Waals surface area contributed by atoms with E-state index in [1.54, 1.807) is 41.5 Å². The Balaban J connectivity index is 2.94. The molecule has 3 N–H and O–H groups in total. The van der Waals surface area contributed by atoms with Gasteiger partial charge in [-0.3, -0.25) is 4.90 Å². The number of hydrogen-bond acceptors (Lipinski definition) is 4. The highest BCUT2D eigenvalue weighted by Gasteiger charge is 2.42. The number of nitrogens with zero attached hydrogens (tertiary/aromatic N) is 1. The molecule has 0 aliphatic heterocycles. The first-order valence-electron chi connectivity index (χ1n) is 8.01. The van der Waals surface area contributed by atoms with Crippen LogP contribution in [0.4, 0.5) is 9.59 Å². The SMILES string of the molecule is CC(C)(C)OC(=O)N[C@H]1CCC(O)C[C@H]1N(C(=O)O)C(C)(C)C. The number of alkyl carbamates (subject to hydrolysis) is 1. The minimum Gasteiger partial charge on any atom is -0.465 e. The molecule has 3 atom stereocenters. The Hall–Kier alpha value is -1.50. The van der Waals surface area contributed by atoms with E-state index >= 15 is 0 Å². The fourth-order valence-electron chi connectivity index (χ4n) is 2.96. The highest BCUT2D eigenvalue weighted by Crippen LogP contribution is 2.29. The summed E-state index contributed by atoms with van der Waals surface area (Å²) in [5.74, 6) is 0. The number of ether oxygens (including phenoxy) is 1. The van der Waals surface area contributed by atoms with E-state index in [0.29, 0.717) is 19.3 Å². The fourth-order valence-corrected chi connectivity index (χ4v) is 2.96. The van der Waals surface area contributed by atoms with Gasteiger partial charge >= 0.3 is 12.2 Å². The summed E-state index contributed by atoms with van der Waals surface area (Å²) in [6.07, 6.45) is -0.875. The van der Waals surface area contributed by atoms with Crippen LogP contribution in [0.25, 0.3) is 0 Å². The van der Waals surface area contributed by atoms with Gasteiger partial charge in [-0.1, -0.05) is 0 Å². The number of carboxylic acid groups (broad SMARTS) is 1.